The zero-order chi connectivity index (χ0) is 18.8. The molecule has 0 bridgehead atoms. The lowest BCUT2D eigenvalue weighted by molar-refractivity contribution is 0.0665. The van der Waals surface area contributed by atoms with Gasteiger partial charge in [-0.05, 0) is 25.0 Å². The summed E-state index contributed by atoms with van der Waals surface area (Å²) in [4.78, 5) is 33.9. The van der Waals surface area contributed by atoms with Crippen molar-refractivity contribution >= 4 is 16.8 Å². The van der Waals surface area contributed by atoms with E-state index in [2.05, 4.69) is 15.1 Å². The van der Waals surface area contributed by atoms with Gasteiger partial charge in [0, 0.05) is 25.6 Å². The molecule has 0 atom stereocenters. The van der Waals surface area contributed by atoms with Crippen molar-refractivity contribution in [1.82, 2.24) is 20.0 Å². The maximum atomic E-state index is 12.9. The number of para-hydroxylation sites is 1. The highest BCUT2D eigenvalue weighted by Gasteiger charge is 2.30. The van der Waals surface area contributed by atoms with Gasteiger partial charge in [0.2, 0.25) is 0 Å². The molecule has 27 heavy (non-hydrogen) atoms. The maximum Gasteiger partial charge on any atom is 0.276 e. The molecule has 1 saturated carbocycles. The van der Waals surface area contributed by atoms with Crippen LogP contribution in [0, 0.1) is 0 Å². The normalized spacial score (nSPS) is 13.8. The predicted molar refractivity (Wildman–Crippen MR) is 97.5 cm³/mol. The summed E-state index contributed by atoms with van der Waals surface area (Å²) in [5.74, 6) is 1.26. The molecule has 1 N–H and O–H groups in total. The first-order chi connectivity index (χ1) is 13.2. The summed E-state index contributed by atoms with van der Waals surface area (Å²) in [5.41, 5.74) is 0.621. The third kappa shape index (κ3) is 3.75. The van der Waals surface area contributed by atoms with Crippen molar-refractivity contribution in [2.24, 2.45) is 0 Å². The van der Waals surface area contributed by atoms with Crippen molar-refractivity contribution in [2.45, 2.75) is 25.3 Å². The van der Waals surface area contributed by atoms with Crippen molar-refractivity contribution in [3.63, 3.8) is 0 Å². The van der Waals surface area contributed by atoms with Gasteiger partial charge in [-0.15, -0.1) is 0 Å². The smallest absolute Gasteiger partial charge is 0.276 e. The zero-order valence-electron chi connectivity index (χ0n) is 15.0. The van der Waals surface area contributed by atoms with Gasteiger partial charge in [0.05, 0.1) is 24.1 Å². The van der Waals surface area contributed by atoms with Crippen LogP contribution in [0.15, 0.2) is 39.6 Å². The van der Waals surface area contributed by atoms with Gasteiger partial charge in [0.25, 0.3) is 11.5 Å². The minimum atomic E-state index is -0.279. The Balaban J connectivity index is 1.59. The Hall–Kier alpha value is -3.00. The Bertz CT molecular complexity index is 1020. The van der Waals surface area contributed by atoms with E-state index in [1.807, 2.05) is 6.07 Å². The second kappa shape index (κ2) is 7.32. The van der Waals surface area contributed by atoms with Crippen LogP contribution in [0.25, 0.3) is 10.9 Å². The zero-order valence-corrected chi connectivity index (χ0v) is 15.0. The lowest BCUT2D eigenvalue weighted by Gasteiger charge is -2.20. The van der Waals surface area contributed by atoms with Crippen LogP contribution in [0.4, 0.5) is 0 Å². The van der Waals surface area contributed by atoms with Crippen LogP contribution in [-0.4, -0.2) is 46.2 Å². The molecular formula is C19H20N4O4. The predicted octanol–water partition coefficient (Wildman–Crippen LogP) is 2.08. The number of benzene rings is 1. The number of hydrogen-bond acceptors (Lipinski definition) is 6. The van der Waals surface area contributed by atoms with E-state index in [9.17, 15) is 9.59 Å². The number of hydrogen-bond donors (Lipinski definition) is 1. The first-order valence-electron chi connectivity index (χ1n) is 8.88. The third-order valence-electron chi connectivity index (χ3n) is 4.58. The Kier molecular flexibility index (Phi) is 4.72. The second-order valence-electron chi connectivity index (χ2n) is 6.64. The topological polar surface area (TPSA) is 101 Å². The lowest BCUT2D eigenvalue weighted by atomic mass is 10.2. The number of carbonyl (C=O) groups is 1. The number of methoxy groups -OCH3 is 1. The largest absolute Gasteiger partial charge is 0.383 e. The first-order valence-corrected chi connectivity index (χ1v) is 8.88. The average molecular weight is 368 g/mol. The molecule has 8 nitrogen and oxygen atoms in total. The van der Waals surface area contributed by atoms with Gasteiger partial charge >= 0.3 is 0 Å². The Morgan fingerprint density at radius 3 is 2.96 bits per heavy atom. The highest BCUT2D eigenvalue weighted by Crippen LogP contribution is 2.40. The molecule has 1 amide bonds. The quantitative estimate of drug-likeness (QED) is 0.685. The van der Waals surface area contributed by atoms with E-state index in [0.29, 0.717) is 35.8 Å². The van der Waals surface area contributed by atoms with Gasteiger partial charge < -0.3 is 19.1 Å². The molecule has 0 radical (unpaired) electrons. The fraction of sp³-hybridized carbons (Fsp3) is 0.368. The summed E-state index contributed by atoms with van der Waals surface area (Å²) in [6.07, 6.45) is 2.14. The van der Waals surface area contributed by atoms with Gasteiger partial charge in [-0.2, -0.15) is 0 Å². The van der Waals surface area contributed by atoms with E-state index in [4.69, 9.17) is 9.26 Å². The molecule has 2 heterocycles. The SMILES string of the molecule is COCCN(Cc1nc2ccccc2c(=O)[nH]1)C(=O)c1cc(C2CC2)on1. The summed E-state index contributed by atoms with van der Waals surface area (Å²) in [6.45, 7) is 0.849. The molecule has 0 unspecified atom stereocenters. The first kappa shape index (κ1) is 17.4. The van der Waals surface area contributed by atoms with Gasteiger partial charge in [-0.25, -0.2) is 4.98 Å². The molecule has 140 valence electrons. The van der Waals surface area contributed by atoms with Crippen molar-refractivity contribution in [2.75, 3.05) is 20.3 Å². The van der Waals surface area contributed by atoms with Crippen LogP contribution in [0.2, 0.25) is 0 Å². The fourth-order valence-corrected chi connectivity index (χ4v) is 2.96. The molecule has 1 fully saturated rings. The number of carbonyl (C=O) groups excluding carboxylic acids is 1. The van der Waals surface area contributed by atoms with Crippen molar-refractivity contribution < 1.29 is 14.1 Å². The summed E-state index contributed by atoms with van der Waals surface area (Å²) in [7, 11) is 1.57. The number of nitrogens with zero attached hydrogens (tertiary/aromatic N) is 3. The van der Waals surface area contributed by atoms with E-state index in [-0.39, 0.29) is 23.7 Å². The molecule has 1 aromatic carbocycles. The number of nitrogens with one attached hydrogen (secondary N) is 1. The Morgan fingerprint density at radius 2 is 2.19 bits per heavy atom. The number of rotatable bonds is 7. The maximum absolute atomic E-state index is 12.9. The number of aromatic amines is 1. The average Bonchev–Trinajstić information content (AvgIpc) is 3.41. The van der Waals surface area contributed by atoms with Crippen LogP contribution in [-0.2, 0) is 11.3 Å². The molecule has 4 rings (SSSR count). The number of ether oxygens (including phenoxy) is 1. The Morgan fingerprint density at radius 1 is 1.37 bits per heavy atom. The van der Waals surface area contributed by atoms with E-state index >= 15 is 0 Å². The molecule has 1 aliphatic carbocycles. The van der Waals surface area contributed by atoms with Gasteiger partial charge in [-0.1, -0.05) is 17.3 Å². The number of aromatic nitrogens is 3. The van der Waals surface area contributed by atoms with Crippen molar-refractivity contribution in [1.29, 1.82) is 0 Å². The molecule has 3 aromatic rings. The van der Waals surface area contributed by atoms with Crippen molar-refractivity contribution in [3.05, 3.63) is 58.0 Å². The third-order valence-corrected chi connectivity index (χ3v) is 4.58. The summed E-state index contributed by atoms with van der Waals surface area (Å²) < 4.78 is 10.4. The molecule has 1 aliphatic rings. The van der Waals surface area contributed by atoms with Crippen LogP contribution < -0.4 is 5.56 Å². The molecule has 8 heteroatoms. The highest BCUT2D eigenvalue weighted by molar-refractivity contribution is 5.92. The van der Waals surface area contributed by atoms with E-state index in [0.717, 1.165) is 18.6 Å². The monoisotopic (exact) mass is 368 g/mol. The Labute approximate surface area is 155 Å². The van der Waals surface area contributed by atoms with Gasteiger partial charge in [-0.3, -0.25) is 9.59 Å². The van der Waals surface area contributed by atoms with Gasteiger partial charge in [0.15, 0.2) is 5.69 Å². The standard InChI is InChI=1S/C19H20N4O4/c1-26-9-8-23(19(25)15-10-16(27-22-15)12-6-7-12)11-17-20-14-5-3-2-4-13(14)18(24)21-17/h2-5,10,12H,6-9,11H2,1H3,(H,20,21,24). The molecule has 0 aliphatic heterocycles. The fourth-order valence-electron chi connectivity index (χ4n) is 2.96. The van der Waals surface area contributed by atoms with Crippen LogP contribution in [0.1, 0.15) is 40.8 Å². The summed E-state index contributed by atoms with van der Waals surface area (Å²) in [5, 5.41) is 4.43. The van der Waals surface area contributed by atoms with Crippen LogP contribution in [0.3, 0.4) is 0 Å². The molecule has 0 saturated heterocycles. The van der Waals surface area contributed by atoms with Crippen molar-refractivity contribution in [3.8, 4) is 0 Å². The number of H-pyrrole nitrogens is 1. The summed E-state index contributed by atoms with van der Waals surface area (Å²) >= 11 is 0. The molecular weight excluding hydrogens is 348 g/mol. The van der Waals surface area contributed by atoms with E-state index in [1.165, 1.54) is 0 Å². The molecule has 2 aromatic heterocycles. The lowest BCUT2D eigenvalue weighted by Crippen LogP contribution is -2.35. The van der Waals surface area contributed by atoms with Crippen LogP contribution >= 0.6 is 0 Å². The van der Waals surface area contributed by atoms with E-state index < -0.39 is 0 Å². The minimum Gasteiger partial charge on any atom is -0.383 e. The second-order valence-corrected chi connectivity index (χ2v) is 6.64. The number of amides is 1. The minimum absolute atomic E-state index is 0.147. The van der Waals surface area contributed by atoms with Crippen LogP contribution in [0.5, 0.6) is 0 Å². The summed E-state index contributed by atoms with van der Waals surface area (Å²) in [6, 6.07) is 8.80. The molecule has 0 spiro atoms. The number of fused-ring (bicyclic) bond motifs is 1. The highest BCUT2D eigenvalue weighted by atomic mass is 16.5. The van der Waals surface area contributed by atoms with E-state index in [1.54, 1.807) is 36.3 Å². The van der Waals surface area contributed by atoms with Gasteiger partial charge in [0.1, 0.15) is 11.6 Å².